The number of hydrogen-bond acceptors (Lipinski definition) is 2. The molecule has 0 atom stereocenters. The first-order valence-corrected chi connectivity index (χ1v) is 14.2. The van der Waals surface area contributed by atoms with Gasteiger partial charge in [-0.2, -0.15) is 0 Å². The topological polar surface area (TPSA) is 21.3 Å². The van der Waals surface area contributed by atoms with Crippen molar-refractivity contribution >= 4 is 25.7 Å². The molecule has 1 aliphatic rings. The summed E-state index contributed by atoms with van der Waals surface area (Å²) < 4.78 is 6.82. The van der Waals surface area contributed by atoms with Crippen LogP contribution >= 0.6 is 0 Å². The first kappa shape index (κ1) is 31.3. The molecule has 32 heavy (non-hydrogen) atoms. The quantitative estimate of drug-likeness (QED) is 0.377. The zero-order chi connectivity index (χ0) is 21.6. The van der Waals surface area contributed by atoms with Crippen molar-refractivity contribution in [3.63, 3.8) is 0 Å². The van der Waals surface area contributed by atoms with E-state index in [1.807, 2.05) is 0 Å². The van der Waals surface area contributed by atoms with Gasteiger partial charge in [0.05, 0.1) is 5.75 Å². The zero-order valence-electron chi connectivity index (χ0n) is 20.9. The summed E-state index contributed by atoms with van der Waals surface area (Å²) in [7, 11) is -1.81. The van der Waals surface area contributed by atoms with Gasteiger partial charge in [0.15, 0.2) is 0 Å². The third-order valence-corrected chi connectivity index (χ3v) is 5.94. The number of halogens is 2. The van der Waals surface area contributed by atoms with Crippen LogP contribution in [0, 0.1) is 6.92 Å². The summed E-state index contributed by atoms with van der Waals surface area (Å²) in [5.74, 6) is 1.07. The number of anilines is 1. The largest absolute Gasteiger partial charge is 3.00 e. The fraction of sp³-hybridized carbons (Fsp3) is 0.462. The smallest absolute Gasteiger partial charge is 1.00 e. The standard InChI is InChI=1S/C26H36NOSi.2ClH.Ti/c1-10-13-17(2)22-18(3)24(27-26(4,5)6)21-16-19-14-11-12-15-20(19)23(21)25(22)28-29(7,8)9;;;/h11-12,14-15,27H,10,13H2,1-9H3;2*1H;/q-1;;;+3/p-2. The molecule has 0 unspecified atom stereocenters. The average molecular weight is 525 g/mol. The van der Waals surface area contributed by atoms with Crippen LogP contribution in [0.3, 0.4) is 0 Å². The second kappa shape index (κ2) is 11.6. The molecular weight excluding hydrogens is 489 g/mol. The molecule has 1 N–H and O–H groups in total. The van der Waals surface area contributed by atoms with Crippen molar-refractivity contribution in [1.82, 2.24) is 0 Å². The summed E-state index contributed by atoms with van der Waals surface area (Å²) in [6.45, 7) is 20.2. The van der Waals surface area contributed by atoms with E-state index in [0.717, 1.165) is 29.4 Å². The molecule has 173 valence electrons. The molecule has 0 bridgehead atoms. The van der Waals surface area contributed by atoms with Crippen molar-refractivity contribution in [2.24, 2.45) is 0 Å². The van der Waals surface area contributed by atoms with Gasteiger partial charge in [-0.05, 0) is 66.4 Å². The Kier molecular flexibility index (Phi) is 11.4. The predicted molar refractivity (Wildman–Crippen MR) is 130 cm³/mol. The van der Waals surface area contributed by atoms with E-state index in [1.54, 1.807) is 0 Å². The summed E-state index contributed by atoms with van der Waals surface area (Å²) in [6, 6.07) is 8.58. The van der Waals surface area contributed by atoms with Crippen LogP contribution in [-0.2, 0) is 21.7 Å². The Balaban J connectivity index is 0.00000320. The first-order valence-electron chi connectivity index (χ1n) is 10.8. The summed E-state index contributed by atoms with van der Waals surface area (Å²) in [4.78, 5) is 0. The van der Waals surface area contributed by atoms with Crippen molar-refractivity contribution < 1.29 is 51.0 Å². The number of rotatable bonds is 5. The van der Waals surface area contributed by atoms with Gasteiger partial charge in [-0.1, -0.05) is 53.5 Å². The molecule has 2 aromatic rings. The number of hydrogen-bond donors (Lipinski definition) is 1. The van der Waals surface area contributed by atoms with Crippen molar-refractivity contribution in [3.8, 4) is 16.9 Å². The van der Waals surface area contributed by atoms with E-state index in [1.165, 1.54) is 33.2 Å². The van der Waals surface area contributed by atoms with Crippen LogP contribution in [0.25, 0.3) is 22.8 Å². The van der Waals surface area contributed by atoms with Gasteiger partial charge in [0.25, 0.3) is 0 Å². The predicted octanol–water partition coefficient (Wildman–Crippen LogP) is 0.0815. The van der Waals surface area contributed by atoms with E-state index >= 15 is 0 Å². The molecule has 0 amide bonds. The second-order valence-corrected chi connectivity index (χ2v) is 14.7. The normalized spacial score (nSPS) is 12.8. The maximum absolute atomic E-state index is 6.82. The SMILES string of the molecule is CCCC(C)=c1c(C)c(NC(C)(C)C)c2c(c1O[Si](C)(C)C)-c1ccccc1[C-]=2.[Cl-].[Cl-].[Ti+3]. The summed E-state index contributed by atoms with van der Waals surface area (Å²) in [5, 5.41) is 6.23. The maximum atomic E-state index is 6.82. The van der Waals surface area contributed by atoms with Gasteiger partial charge >= 0.3 is 21.7 Å². The van der Waals surface area contributed by atoms with Crippen LogP contribution in [0.1, 0.15) is 58.6 Å². The Morgan fingerprint density at radius 3 is 2.22 bits per heavy atom. The number of nitrogens with one attached hydrogen (secondary N) is 1. The van der Waals surface area contributed by atoms with Gasteiger partial charge in [-0.25, -0.2) is 0 Å². The minimum Gasteiger partial charge on any atom is -1.00 e. The molecule has 6 heteroatoms. The van der Waals surface area contributed by atoms with Crippen molar-refractivity contribution in [2.45, 2.75) is 79.6 Å². The van der Waals surface area contributed by atoms with E-state index in [2.05, 4.69) is 96.8 Å². The monoisotopic (exact) mass is 524 g/mol. The van der Waals surface area contributed by atoms with Gasteiger partial charge in [0.2, 0.25) is 8.32 Å². The van der Waals surface area contributed by atoms with E-state index in [0.29, 0.717) is 0 Å². The molecule has 0 aliphatic heterocycles. The van der Waals surface area contributed by atoms with Crippen molar-refractivity contribution in [1.29, 1.82) is 0 Å². The molecule has 3 rings (SSSR count). The Bertz CT molecular complexity index is 1070. The van der Waals surface area contributed by atoms with E-state index < -0.39 is 8.32 Å². The Morgan fingerprint density at radius 1 is 1.09 bits per heavy atom. The minimum absolute atomic E-state index is 0. The molecule has 0 fully saturated rings. The third-order valence-electron chi connectivity index (χ3n) is 5.12. The van der Waals surface area contributed by atoms with Gasteiger partial charge in [-0.15, -0.1) is 23.3 Å². The van der Waals surface area contributed by atoms with Gasteiger partial charge in [0.1, 0.15) is 0 Å². The van der Waals surface area contributed by atoms with Crippen LogP contribution in [0.2, 0.25) is 19.6 Å². The van der Waals surface area contributed by atoms with Crippen LogP contribution in [0.4, 0.5) is 5.69 Å². The molecule has 2 nitrogen and oxygen atoms in total. The zero-order valence-corrected chi connectivity index (χ0v) is 25.0. The van der Waals surface area contributed by atoms with Crippen LogP contribution < -0.4 is 45.0 Å². The summed E-state index contributed by atoms with van der Waals surface area (Å²) in [5.41, 5.74) is 7.44. The molecule has 1 aliphatic carbocycles. The second-order valence-electron chi connectivity index (χ2n) is 10.2. The first-order chi connectivity index (χ1) is 13.4. The Hall–Kier alpha value is -0.709. The number of fused-ring (bicyclic) bond motifs is 3. The number of benzene rings is 2. The summed E-state index contributed by atoms with van der Waals surface area (Å²) >= 11 is 0. The fourth-order valence-electron chi connectivity index (χ4n) is 4.13. The van der Waals surface area contributed by atoms with E-state index in [4.69, 9.17) is 4.43 Å². The van der Waals surface area contributed by atoms with Crippen molar-refractivity contribution in [3.05, 3.63) is 45.8 Å². The van der Waals surface area contributed by atoms with E-state index in [-0.39, 0.29) is 52.1 Å². The van der Waals surface area contributed by atoms with Crippen LogP contribution in [0.5, 0.6) is 5.75 Å². The van der Waals surface area contributed by atoms with E-state index in [9.17, 15) is 0 Å². The Labute approximate surface area is 223 Å². The average Bonchev–Trinajstić information content (AvgIpc) is 2.96. The molecule has 0 saturated heterocycles. The molecule has 0 heterocycles. The molecule has 2 aromatic carbocycles. The molecule has 0 spiro atoms. The van der Waals surface area contributed by atoms with Gasteiger partial charge in [0, 0.05) is 10.8 Å². The third kappa shape index (κ3) is 6.67. The van der Waals surface area contributed by atoms with Crippen molar-refractivity contribution in [2.75, 3.05) is 5.32 Å². The molecule has 0 saturated carbocycles. The molecule has 0 aromatic heterocycles. The van der Waals surface area contributed by atoms with Gasteiger partial charge < -0.3 is 34.6 Å². The summed E-state index contributed by atoms with van der Waals surface area (Å²) in [6.07, 6.45) is 5.90. The van der Waals surface area contributed by atoms with Gasteiger partial charge in [-0.3, -0.25) is 0 Å². The fourth-order valence-corrected chi connectivity index (χ4v) is 4.94. The maximum Gasteiger partial charge on any atom is 3.00 e. The molecular formula is C26H36Cl2NOSiTi. The Morgan fingerprint density at radius 2 is 1.69 bits per heavy atom. The molecule has 1 radical (unpaired) electrons. The minimum atomic E-state index is -1.81. The van der Waals surface area contributed by atoms with Crippen LogP contribution in [-0.4, -0.2) is 13.9 Å². The van der Waals surface area contributed by atoms with Crippen LogP contribution in [0.15, 0.2) is 24.3 Å².